The molecule has 0 atom stereocenters. The van der Waals surface area contributed by atoms with Gasteiger partial charge in [-0.1, -0.05) is 126 Å². The quantitative estimate of drug-likeness (QED) is 0.121. The molecule has 1 saturated heterocycles. The van der Waals surface area contributed by atoms with Crippen LogP contribution in [-0.2, 0) is 0 Å². The Labute approximate surface area is 184 Å². The van der Waals surface area contributed by atoms with Crippen LogP contribution in [0.4, 0.5) is 0 Å². The molecule has 0 spiro atoms. The van der Waals surface area contributed by atoms with E-state index in [-0.39, 0.29) is 0 Å². The Hall–Kier alpha value is 0.590. The summed E-state index contributed by atoms with van der Waals surface area (Å²) in [7, 11) is 3.80. The average molecular weight is 432 g/mol. The van der Waals surface area contributed by atoms with E-state index in [1.807, 2.05) is 21.6 Å². The number of unbranched alkanes of at least 4 members (excludes halogenated alkanes) is 15. The fourth-order valence-electron chi connectivity index (χ4n) is 3.75. The first-order valence-corrected chi connectivity index (χ1v) is 14.7. The first kappa shape index (κ1) is 25.6. The van der Waals surface area contributed by atoms with Crippen LogP contribution in [0.15, 0.2) is 0 Å². The minimum absolute atomic E-state index is 1.12. The SMILES string of the molecule is CCCCCCCCCCCCCCCCCCSSC(=S)N1CCCC1. The Morgan fingerprint density at radius 1 is 0.667 bits per heavy atom. The molecule has 4 heteroatoms. The maximum absolute atomic E-state index is 5.50. The number of hydrogen-bond acceptors (Lipinski definition) is 3. The van der Waals surface area contributed by atoms with Gasteiger partial charge in [-0.25, -0.2) is 0 Å². The van der Waals surface area contributed by atoms with E-state index in [0.717, 1.165) is 4.32 Å². The molecule has 0 unspecified atom stereocenters. The molecule has 1 nitrogen and oxygen atoms in total. The van der Waals surface area contributed by atoms with Gasteiger partial charge in [0.25, 0.3) is 0 Å². The minimum atomic E-state index is 1.12. The van der Waals surface area contributed by atoms with Crippen molar-refractivity contribution in [1.82, 2.24) is 4.90 Å². The zero-order chi connectivity index (χ0) is 19.4. The first-order chi connectivity index (χ1) is 13.3. The predicted octanol–water partition coefficient (Wildman–Crippen LogP) is 9.01. The molecular weight excluding hydrogens is 386 g/mol. The van der Waals surface area contributed by atoms with Gasteiger partial charge in [0.15, 0.2) is 0 Å². The van der Waals surface area contributed by atoms with Gasteiger partial charge >= 0.3 is 0 Å². The number of rotatable bonds is 18. The van der Waals surface area contributed by atoms with Gasteiger partial charge in [0.1, 0.15) is 4.32 Å². The van der Waals surface area contributed by atoms with Crippen LogP contribution in [0, 0.1) is 0 Å². The molecule has 1 heterocycles. The molecule has 1 aliphatic heterocycles. The molecule has 0 bridgehead atoms. The lowest BCUT2D eigenvalue weighted by Gasteiger charge is -2.16. The lowest BCUT2D eigenvalue weighted by Crippen LogP contribution is -2.22. The van der Waals surface area contributed by atoms with Crippen molar-refractivity contribution in [3.63, 3.8) is 0 Å². The molecule has 0 amide bonds. The summed E-state index contributed by atoms with van der Waals surface area (Å²) in [6.07, 6.45) is 25.8. The predicted molar refractivity (Wildman–Crippen MR) is 133 cm³/mol. The van der Waals surface area contributed by atoms with E-state index < -0.39 is 0 Å². The van der Waals surface area contributed by atoms with Crippen LogP contribution in [-0.4, -0.2) is 28.1 Å². The molecule has 1 aliphatic rings. The highest BCUT2D eigenvalue weighted by Gasteiger charge is 2.14. The number of likely N-dealkylation sites (tertiary alicyclic amines) is 1. The zero-order valence-electron chi connectivity index (χ0n) is 18.0. The average Bonchev–Trinajstić information content (AvgIpc) is 3.22. The summed E-state index contributed by atoms with van der Waals surface area (Å²) in [5.74, 6) is 1.26. The third-order valence-electron chi connectivity index (χ3n) is 5.58. The molecule has 0 aromatic carbocycles. The van der Waals surface area contributed by atoms with Gasteiger partial charge < -0.3 is 4.90 Å². The summed E-state index contributed by atoms with van der Waals surface area (Å²) in [6.45, 7) is 4.67. The molecule has 160 valence electrons. The topological polar surface area (TPSA) is 3.24 Å². The van der Waals surface area contributed by atoms with E-state index in [1.165, 1.54) is 134 Å². The van der Waals surface area contributed by atoms with Crippen molar-refractivity contribution >= 4 is 38.1 Å². The Bertz CT molecular complexity index is 330. The van der Waals surface area contributed by atoms with Gasteiger partial charge in [-0.2, -0.15) is 0 Å². The van der Waals surface area contributed by atoms with Crippen LogP contribution in [0.1, 0.15) is 122 Å². The molecule has 0 N–H and O–H groups in total. The first-order valence-electron chi connectivity index (χ1n) is 11.9. The van der Waals surface area contributed by atoms with Crippen molar-refractivity contribution in [3.8, 4) is 0 Å². The Morgan fingerprint density at radius 2 is 1.07 bits per heavy atom. The van der Waals surface area contributed by atoms with E-state index >= 15 is 0 Å². The second-order valence-corrected chi connectivity index (χ2v) is 11.2. The van der Waals surface area contributed by atoms with Gasteiger partial charge in [-0.15, -0.1) is 0 Å². The molecule has 0 radical (unpaired) electrons. The van der Waals surface area contributed by atoms with Crippen molar-refractivity contribution in [3.05, 3.63) is 0 Å². The van der Waals surface area contributed by atoms with Crippen molar-refractivity contribution in [1.29, 1.82) is 0 Å². The molecule has 0 aliphatic carbocycles. The molecule has 0 aromatic rings. The fraction of sp³-hybridized carbons (Fsp3) is 0.957. The van der Waals surface area contributed by atoms with Crippen molar-refractivity contribution in [2.24, 2.45) is 0 Å². The lowest BCUT2D eigenvalue weighted by atomic mass is 10.0. The second-order valence-electron chi connectivity index (χ2n) is 8.17. The minimum Gasteiger partial charge on any atom is -0.357 e. The Balaban J connectivity index is 1.68. The molecule has 0 saturated carbocycles. The van der Waals surface area contributed by atoms with E-state index in [4.69, 9.17) is 12.2 Å². The lowest BCUT2D eigenvalue weighted by molar-refractivity contribution is 0.532. The van der Waals surface area contributed by atoms with Gasteiger partial charge in [-0.05, 0) is 30.1 Å². The van der Waals surface area contributed by atoms with Crippen molar-refractivity contribution < 1.29 is 0 Å². The normalized spacial score (nSPS) is 14.2. The number of nitrogens with zero attached hydrogens (tertiary/aromatic N) is 1. The van der Waals surface area contributed by atoms with Gasteiger partial charge in [0.2, 0.25) is 0 Å². The van der Waals surface area contributed by atoms with Gasteiger partial charge in [0.05, 0.1) is 0 Å². The van der Waals surface area contributed by atoms with Crippen LogP contribution in [0.5, 0.6) is 0 Å². The van der Waals surface area contributed by atoms with Crippen LogP contribution in [0.25, 0.3) is 0 Å². The summed E-state index contributed by atoms with van der Waals surface area (Å²) in [5.41, 5.74) is 0. The molecule has 1 rings (SSSR count). The summed E-state index contributed by atoms with van der Waals surface area (Å²) in [6, 6.07) is 0. The van der Waals surface area contributed by atoms with E-state index in [1.54, 1.807) is 0 Å². The Morgan fingerprint density at radius 3 is 1.52 bits per heavy atom. The standard InChI is InChI=1S/C23H45NS3/c1-2-3-4-5-6-7-8-9-10-11-12-13-14-15-16-19-22-26-27-23(25)24-20-17-18-21-24/h2-22H2,1H3. The highest BCUT2D eigenvalue weighted by atomic mass is 33.1. The molecule has 1 fully saturated rings. The van der Waals surface area contributed by atoms with Crippen molar-refractivity contribution in [2.45, 2.75) is 122 Å². The van der Waals surface area contributed by atoms with E-state index in [0.29, 0.717) is 0 Å². The largest absolute Gasteiger partial charge is 0.357 e. The highest BCUT2D eigenvalue weighted by molar-refractivity contribution is 8.83. The monoisotopic (exact) mass is 431 g/mol. The van der Waals surface area contributed by atoms with Gasteiger partial charge in [-0.3, -0.25) is 0 Å². The molecule has 27 heavy (non-hydrogen) atoms. The van der Waals surface area contributed by atoms with Crippen LogP contribution in [0.2, 0.25) is 0 Å². The third kappa shape index (κ3) is 16.1. The third-order valence-corrected chi connectivity index (χ3v) is 8.70. The number of hydrogen-bond donors (Lipinski definition) is 0. The summed E-state index contributed by atoms with van der Waals surface area (Å²) >= 11 is 5.50. The van der Waals surface area contributed by atoms with Crippen LogP contribution >= 0.6 is 33.8 Å². The maximum atomic E-state index is 5.50. The van der Waals surface area contributed by atoms with Gasteiger partial charge in [0, 0.05) is 18.8 Å². The van der Waals surface area contributed by atoms with Crippen molar-refractivity contribution in [2.75, 3.05) is 18.8 Å². The maximum Gasteiger partial charge on any atom is 0.147 e. The molecule has 0 aromatic heterocycles. The summed E-state index contributed by atoms with van der Waals surface area (Å²) in [4.78, 5) is 2.38. The number of thiocarbonyl (C=S) groups is 1. The smallest absolute Gasteiger partial charge is 0.147 e. The zero-order valence-corrected chi connectivity index (χ0v) is 20.5. The summed E-state index contributed by atoms with van der Waals surface area (Å²) < 4.78 is 1.12. The summed E-state index contributed by atoms with van der Waals surface area (Å²) in [5, 5.41) is 0. The molecular formula is C23H45NS3. The van der Waals surface area contributed by atoms with E-state index in [2.05, 4.69) is 11.8 Å². The van der Waals surface area contributed by atoms with Crippen LogP contribution in [0.3, 0.4) is 0 Å². The Kier molecular flexibility index (Phi) is 18.9. The second kappa shape index (κ2) is 19.9. The van der Waals surface area contributed by atoms with E-state index in [9.17, 15) is 0 Å². The highest BCUT2D eigenvalue weighted by Crippen LogP contribution is 2.28. The fourth-order valence-corrected chi connectivity index (χ4v) is 6.39. The van der Waals surface area contributed by atoms with Crippen LogP contribution < -0.4 is 0 Å².